The SMILES string of the molecule is O=C1NNC(=O)[C@@]2(CSC3=C2C(=O)c2ncccc2C3=O)N1. The predicted molar refractivity (Wildman–Crippen MR) is 74.9 cm³/mol. The molecule has 9 heteroatoms. The van der Waals surface area contributed by atoms with Crippen molar-refractivity contribution in [1.82, 2.24) is 21.2 Å². The Kier molecular flexibility index (Phi) is 2.46. The molecule has 0 saturated carbocycles. The van der Waals surface area contributed by atoms with Crippen LogP contribution >= 0.6 is 11.8 Å². The standard InChI is InChI=1S/C13H8N4O4S/c18-8-5-2-1-3-14-7(5)9(19)6-10(8)22-4-13(6)11(20)16-17-12(21)15-13/h1-3H,4H2,(H,16,20)(H2,15,17,21)/t13-/m0/s1. The van der Waals surface area contributed by atoms with Gasteiger partial charge in [0.2, 0.25) is 11.6 Å². The van der Waals surface area contributed by atoms with Crippen LogP contribution in [0.1, 0.15) is 20.8 Å². The lowest BCUT2D eigenvalue weighted by atomic mass is 9.81. The van der Waals surface area contributed by atoms with Crippen molar-refractivity contribution in [2.75, 3.05) is 5.75 Å². The lowest BCUT2D eigenvalue weighted by Gasteiger charge is -2.35. The molecule has 1 saturated heterocycles. The third-order valence-corrected chi connectivity index (χ3v) is 5.05. The fourth-order valence-corrected chi connectivity index (χ4v) is 4.15. The highest BCUT2D eigenvalue weighted by atomic mass is 32.2. The number of hydrogen-bond acceptors (Lipinski definition) is 6. The van der Waals surface area contributed by atoms with Crippen LogP contribution in [0.3, 0.4) is 0 Å². The van der Waals surface area contributed by atoms with Crippen molar-refractivity contribution in [1.29, 1.82) is 0 Å². The van der Waals surface area contributed by atoms with Gasteiger partial charge in [-0.2, -0.15) is 0 Å². The summed E-state index contributed by atoms with van der Waals surface area (Å²) in [5, 5.41) is 2.48. The lowest BCUT2D eigenvalue weighted by Crippen LogP contribution is -2.71. The molecule has 3 N–H and O–H groups in total. The number of thioether (sulfide) groups is 1. The molecule has 3 aliphatic rings. The van der Waals surface area contributed by atoms with Crippen LogP contribution < -0.4 is 16.2 Å². The number of pyridine rings is 1. The minimum absolute atomic E-state index is 0.000972. The molecule has 1 atom stereocenters. The quantitative estimate of drug-likeness (QED) is 0.596. The largest absolute Gasteiger partial charge is 0.334 e. The number of nitrogens with one attached hydrogen (secondary N) is 3. The van der Waals surface area contributed by atoms with Crippen LogP contribution in [0.2, 0.25) is 0 Å². The number of nitrogens with zero attached hydrogens (tertiary/aromatic N) is 1. The summed E-state index contributed by atoms with van der Waals surface area (Å²) in [5.41, 5.74) is 3.05. The number of carbonyl (C=O) groups excluding carboxylic acids is 4. The Bertz CT molecular complexity index is 818. The molecule has 1 spiro atoms. The Balaban J connectivity index is 1.93. The lowest BCUT2D eigenvalue weighted by molar-refractivity contribution is -0.126. The molecule has 22 heavy (non-hydrogen) atoms. The van der Waals surface area contributed by atoms with Crippen LogP contribution in [-0.4, -0.2) is 39.8 Å². The Hall–Kier alpha value is -2.68. The van der Waals surface area contributed by atoms with Crippen molar-refractivity contribution >= 4 is 35.3 Å². The molecule has 3 amide bonds. The molecular formula is C13H8N4O4S. The van der Waals surface area contributed by atoms with Crippen LogP contribution in [0, 0.1) is 0 Å². The summed E-state index contributed by atoms with van der Waals surface area (Å²) >= 11 is 1.09. The van der Waals surface area contributed by atoms with Crippen molar-refractivity contribution in [2.24, 2.45) is 0 Å². The molecule has 4 rings (SSSR count). The zero-order valence-corrected chi connectivity index (χ0v) is 11.7. The number of aromatic nitrogens is 1. The highest BCUT2D eigenvalue weighted by molar-refractivity contribution is 8.04. The Morgan fingerprint density at radius 3 is 2.77 bits per heavy atom. The number of urea groups is 1. The zero-order valence-electron chi connectivity index (χ0n) is 10.9. The van der Waals surface area contributed by atoms with Gasteiger partial charge in [-0.1, -0.05) is 0 Å². The molecule has 8 nitrogen and oxygen atoms in total. The van der Waals surface area contributed by atoms with E-state index in [0.717, 1.165) is 11.8 Å². The van der Waals surface area contributed by atoms with Crippen LogP contribution in [0.25, 0.3) is 0 Å². The summed E-state index contributed by atoms with van der Waals surface area (Å²) in [7, 11) is 0. The monoisotopic (exact) mass is 316 g/mol. The van der Waals surface area contributed by atoms with Crippen molar-refractivity contribution in [2.45, 2.75) is 5.54 Å². The van der Waals surface area contributed by atoms with Gasteiger partial charge in [-0.15, -0.1) is 11.8 Å². The minimum atomic E-state index is -1.54. The first-order chi connectivity index (χ1) is 10.5. The third kappa shape index (κ3) is 1.45. The fourth-order valence-electron chi connectivity index (χ4n) is 2.78. The second kappa shape index (κ2) is 4.17. The number of carbonyl (C=O) groups is 4. The summed E-state index contributed by atoms with van der Waals surface area (Å²) < 4.78 is 0. The average molecular weight is 316 g/mol. The number of Topliss-reactive ketones (excluding diaryl/α,β-unsaturated/α-hetero) is 2. The molecule has 0 unspecified atom stereocenters. The summed E-state index contributed by atoms with van der Waals surface area (Å²) in [6, 6.07) is 2.46. The molecule has 1 aromatic rings. The summed E-state index contributed by atoms with van der Waals surface area (Å²) in [4.78, 5) is 53.3. The molecular weight excluding hydrogens is 308 g/mol. The van der Waals surface area contributed by atoms with E-state index in [9.17, 15) is 19.2 Å². The second-order valence-electron chi connectivity index (χ2n) is 4.99. The smallest absolute Gasteiger partial charge is 0.317 e. The van der Waals surface area contributed by atoms with E-state index in [-0.39, 0.29) is 33.3 Å². The predicted octanol–water partition coefficient (Wildman–Crippen LogP) is -0.456. The zero-order chi connectivity index (χ0) is 15.5. The van der Waals surface area contributed by atoms with Crippen LogP contribution in [0.5, 0.6) is 0 Å². The third-order valence-electron chi connectivity index (χ3n) is 3.79. The van der Waals surface area contributed by atoms with Gasteiger partial charge < -0.3 is 5.32 Å². The second-order valence-corrected chi connectivity index (χ2v) is 5.97. The highest BCUT2D eigenvalue weighted by Crippen LogP contribution is 2.45. The Morgan fingerprint density at radius 2 is 1.95 bits per heavy atom. The van der Waals surface area contributed by atoms with Crippen LogP contribution in [0.4, 0.5) is 4.79 Å². The van der Waals surface area contributed by atoms with E-state index in [2.05, 4.69) is 21.2 Å². The summed E-state index contributed by atoms with van der Waals surface area (Å²) in [6.07, 6.45) is 1.41. The number of ketones is 2. The molecule has 2 aliphatic heterocycles. The van der Waals surface area contributed by atoms with E-state index in [1.165, 1.54) is 12.3 Å². The number of fused-ring (bicyclic) bond motifs is 2. The minimum Gasteiger partial charge on any atom is -0.317 e. The van der Waals surface area contributed by atoms with E-state index >= 15 is 0 Å². The Morgan fingerprint density at radius 1 is 1.14 bits per heavy atom. The van der Waals surface area contributed by atoms with Gasteiger partial charge >= 0.3 is 6.03 Å². The van der Waals surface area contributed by atoms with Gasteiger partial charge in [-0.05, 0) is 12.1 Å². The van der Waals surface area contributed by atoms with E-state index in [1.807, 2.05) is 0 Å². The van der Waals surface area contributed by atoms with E-state index < -0.39 is 23.3 Å². The van der Waals surface area contributed by atoms with Crippen molar-refractivity contribution < 1.29 is 19.2 Å². The first kappa shape index (κ1) is 13.0. The highest BCUT2D eigenvalue weighted by Gasteiger charge is 2.57. The van der Waals surface area contributed by atoms with Gasteiger partial charge in [0.15, 0.2) is 5.54 Å². The van der Waals surface area contributed by atoms with Gasteiger partial charge in [0.1, 0.15) is 5.69 Å². The average Bonchev–Trinajstić information content (AvgIpc) is 2.89. The van der Waals surface area contributed by atoms with E-state index in [1.54, 1.807) is 6.07 Å². The van der Waals surface area contributed by atoms with Crippen molar-refractivity contribution in [3.63, 3.8) is 0 Å². The molecule has 0 bridgehead atoms. The van der Waals surface area contributed by atoms with Gasteiger partial charge in [0.05, 0.1) is 16.0 Å². The van der Waals surface area contributed by atoms with Gasteiger partial charge in [0.25, 0.3) is 5.91 Å². The van der Waals surface area contributed by atoms with Crippen molar-refractivity contribution in [3.05, 3.63) is 40.1 Å². The number of hydrogen-bond donors (Lipinski definition) is 3. The molecule has 0 aromatic carbocycles. The maximum atomic E-state index is 12.7. The normalized spacial score (nSPS) is 26.4. The first-order valence-electron chi connectivity index (χ1n) is 6.35. The number of amides is 3. The fraction of sp³-hybridized carbons (Fsp3) is 0.154. The molecule has 3 heterocycles. The van der Waals surface area contributed by atoms with E-state index in [4.69, 9.17) is 0 Å². The number of allylic oxidation sites excluding steroid dienone is 1. The molecule has 1 fully saturated rings. The van der Waals surface area contributed by atoms with Gasteiger partial charge in [-0.3, -0.25) is 24.8 Å². The van der Waals surface area contributed by atoms with Gasteiger partial charge in [0, 0.05) is 11.9 Å². The maximum Gasteiger partial charge on any atom is 0.334 e. The molecule has 0 radical (unpaired) electrons. The van der Waals surface area contributed by atoms with Gasteiger partial charge in [-0.25, -0.2) is 10.2 Å². The van der Waals surface area contributed by atoms with Crippen LogP contribution in [0.15, 0.2) is 28.8 Å². The molecule has 1 aromatic heterocycles. The molecule has 110 valence electrons. The topological polar surface area (TPSA) is 117 Å². The number of rotatable bonds is 0. The molecule has 1 aliphatic carbocycles. The summed E-state index contributed by atoms with van der Waals surface area (Å²) in [6.45, 7) is 0. The van der Waals surface area contributed by atoms with E-state index in [0.29, 0.717) is 0 Å². The first-order valence-corrected chi connectivity index (χ1v) is 7.34. The summed E-state index contributed by atoms with van der Waals surface area (Å²) in [5.74, 6) is -1.35. The Labute approximate surface area is 127 Å². The number of hydrazine groups is 1. The van der Waals surface area contributed by atoms with Crippen molar-refractivity contribution in [3.8, 4) is 0 Å². The van der Waals surface area contributed by atoms with Crippen LogP contribution in [-0.2, 0) is 4.79 Å². The maximum absolute atomic E-state index is 12.7.